The maximum atomic E-state index is 12.8. The van der Waals surface area contributed by atoms with Crippen LogP contribution in [0.2, 0.25) is 5.02 Å². The second-order valence-corrected chi connectivity index (χ2v) is 9.08. The average Bonchev–Trinajstić information content (AvgIpc) is 2.93. The number of fused-ring (bicyclic) bond motifs is 1. The molecule has 0 unspecified atom stereocenters. The first-order valence-corrected chi connectivity index (χ1v) is 12.3. The molecule has 0 saturated carbocycles. The zero-order chi connectivity index (χ0) is 25.6. The monoisotopic (exact) mass is 508 g/mol. The highest BCUT2D eigenvalue weighted by Crippen LogP contribution is 2.25. The largest absolute Gasteiger partial charge is 0.487 e. The van der Waals surface area contributed by atoms with Crippen LogP contribution in [0.25, 0.3) is 11.0 Å². The van der Waals surface area contributed by atoms with Gasteiger partial charge in [0.1, 0.15) is 23.7 Å². The van der Waals surface area contributed by atoms with Crippen molar-refractivity contribution < 1.29 is 9.15 Å². The lowest BCUT2D eigenvalue weighted by atomic mass is 10.00. The maximum absolute atomic E-state index is 12.8. The molecule has 0 saturated heterocycles. The molecule has 1 heterocycles. The number of halogens is 1. The van der Waals surface area contributed by atoms with E-state index in [2.05, 4.69) is 10.5 Å². The zero-order valence-electron chi connectivity index (χ0n) is 20.3. The number of aryl methyl sites for hydroxylation is 1. The summed E-state index contributed by atoms with van der Waals surface area (Å²) < 4.78 is 11.8. The summed E-state index contributed by atoms with van der Waals surface area (Å²) in [7, 11) is 0. The fourth-order valence-electron chi connectivity index (χ4n) is 4.09. The van der Waals surface area contributed by atoms with E-state index in [0.717, 1.165) is 27.8 Å². The Hall–Kier alpha value is -4.35. The molecule has 0 atom stereocenters. The van der Waals surface area contributed by atoms with Crippen LogP contribution in [0, 0.1) is 6.92 Å². The predicted octanol–water partition coefficient (Wildman–Crippen LogP) is 7.24. The Kier molecular flexibility index (Phi) is 7.33. The summed E-state index contributed by atoms with van der Waals surface area (Å²) in [6, 6.07) is 32.6. The summed E-state index contributed by atoms with van der Waals surface area (Å²) in [5.74, 6) is 0.584. The van der Waals surface area contributed by atoms with Gasteiger partial charge in [-0.3, -0.25) is 5.43 Å². The molecule has 37 heavy (non-hydrogen) atoms. The SMILES string of the molecule is Cc1c(Cc2ccccc2)c(=O)oc2cc(OCC(=NNc3ccc(Cl)cc3)c3ccccc3)ccc12. The van der Waals surface area contributed by atoms with Gasteiger partial charge >= 0.3 is 5.63 Å². The second-order valence-electron chi connectivity index (χ2n) is 8.65. The van der Waals surface area contributed by atoms with Crippen LogP contribution in [0.1, 0.15) is 22.3 Å². The highest BCUT2D eigenvalue weighted by Gasteiger charge is 2.13. The Morgan fingerprint density at radius 2 is 1.62 bits per heavy atom. The fraction of sp³-hybridized carbons (Fsp3) is 0.0968. The van der Waals surface area contributed by atoms with Gasteiger partial charge < -0.3 is 9.15 Å². The number of hydrogen-bond acceptors (Lipinski definition) is 5. The maximum Gasteiger partial charge on any atom is 0.340 e. The third kappa shape index (κ3) is 5.90. The Morgan fingerprint density at radius 3 is 2.35 bits per heavy atom. The van der Waals surface area contributed by atoms with E-state index in [-0.39, 0.29) is 12.2 Å². The highest BCUT2D eigenvalue weighted by molar-refractivity contribution is 6.30. The molecule has 184 valence electrons. The molecule has 1 aromatic heterocycles. The Labute approximate surface area is 220 Å². The van der Waals surface area contributed by atoms with Crippen molar-refractivity contribution in [2.75, 3.05) is 12.0 Å². The molecule has 4 aromatic carbocycles. The molecule has 0 radical (unpaired) electrons. The summed E-state index contributed by atoms with van der Waals surface area (Å²) in [5, 5.41) is 6.12. The minimum absolute atomic E-state index is 0.214. The number of anilines is 1. The van der Waals surface area contributed by atoms with Crippen molar-refractivity contribution in [3.05, 3.63) is 141 Å². The van der Waals surface area contributed by atoms with Crippen LogP contribution in [0.15, 0.2) is 117 Å². The number of nitrogens with one attached hydrogen (secondary N) is 1. The van der Waals surface area contributed by atoms with Crippen LogP contribution >= 0.6 is 11.6 Å². The van der Waals surface area contributed by atoms with Crippen molar-refractivity contribution in [1.82, 2.24) is 0 Å². The zero-order valence-corrected chi connectivity index (χ0v) is 21.0. The number of ether oxygens (including phenoxy) is 1. The fourth-order valence-corrected chi connectivity index (χ4v) is 4.21. The van der Waals surface area contributed by atoms with E-state index in [1.54, 1.807) is 18.2 Å². The van der Waals surface area contributed by atoms with E-state index >= 15 is 0 Å². The second kappa shape index (κ2) is 11.1. The molecule has 5 rings (SSSR count). The molecule has 5 aromatic rings. The predicted molar refractivity (Wildman–Crippen MR) is 150 cm³/mol. The number of rotatable bonds is 8. The van der Waals surface area contributed by atoms with E-state index < -0.39 is 0 Å². The van der Waals surface area contributed by atoms with Crippen molar-refractivity contribution in [1.29, 1.82) is 0 Å². The van der Waals surface area contributed by atoms with E-state index in [0.29, 0.717) is 34.1 Å². The van der Waals surface area contributed by atoms with Crippen LogP contribution < -0.4 is 15.8 Å². The van der Waals surface area contributed by atoms with Gasteiger partial charge in [-0.05, 0) is 54.4 Å². The molecule has 0 aliphatic heterocycles. The van der Waals surface area contributed by atoms with Gasteiger partial charge in [0.2, 0.25) is 0 Å². The number of nitrogens with zero attached hydrogens (tertiary/aromatic N) is 1. The lowest BCUT2D eigenvalue weighted by Crippen LogP contribution is -2.15. The standard InChI is InChI=1S/C31H25ClN2O3/c1-21-27-17-16-26(19-30(27)37-31(35)28(21)18-22-8-4-2-5-9-22)36-20-29(23-10-6-3-7-11-23)34-33-25-14-12-24(32)13-15-25/h2-17,19,33H,18,20H2,1H3. The smallest absolute Gasteiger partial charge is 0.340 e. The molecule has 0 spiro atoms. The molecule has 0 fully saturated rings. The van der Waals surface area contributed by atoms with Crippen molar-refractivity contribution in [2.45, 2.75) is 13.3 Å². The lowest BCUT2D eigenvalue weighted by molar-refractivity contribution is 0.376. The molecular weight excluding hydrogens is 484 g/mol. The minimum Gasteiger partial charge on any atom is -0.487 e. The number of benzene rings is 4. The molecule has 0 aliphatic rings. The topological polar surface area (TPSA) is 63.8 Å². The number of hydrogen-bond donors (Lipinski definition) is 1. The van der Waals surface area contributed by atoms with Gasteiger partial charge in [-0.15, -0.1) is 0 Å². The van der Waals surface area contributed by atoms with Crippen LogP contribution in [0.4, 0.5) is 5.69 Å². The van der Waals surface area contributed by atoms with Crippen LogP contribution in [-0.2, 0) is 6.42 Å². The van der Waals surface area contributed by atoms with Gasteiger partial charge in [0.05, 0.1) is 5.69 Å². The van der Waals surface area contributed by atoms with Crippen molar-refractivity contribution >= 4 is 34.0 Å². The Balaban J connectivity index is 1.38. The molecule has 0 bridgehead atoms. The normalized spacial score (nSPS) is 11.5. The summed E-state index contributed by atoms with van der Waals surface area (Å²) in [4.78, 5) is 12.8. The Morgan fingerprint density at radius 1 is 0.919 bits per heavy atom. The first kappa shape index (κ1) is 24.3. The third-order valence-electron chi connectivity index (χ3n) is 6.13. The summed E-state index contributed by atoms with van der Waals surface area (Å²) in [5.41, 5.74) is 8.34. The van der Waals surface area contributed by atoms with Crippen LogP contribution in [0.3, 0.4) is 0 Å². The van der Waals surface area contributed by atoms with Crippen LogP contribution in [0.5, 0.6) is 5.75 Å². The first-order valence-electron chi connectivity index (χ1n) is 11.9. The quantitative estimate of drug-likeness (QED) is 0.136. The summed E-state index contributed by atoms with van der Waals surface area (Å²) in [6.45, 7) is 2.17. The molecular formula is C31H25ClN2O3. The van der Waals surface area contributed by atoms with E-state index in [1.165, 1.54) is 0 Å². The average molecular weight is 509 g/mol. The summed E-state index contributed by atoms with van der Waals surface area (Å²) in [6.07, 6.45) is 0.528. The van der Waals surface area contributed by atoms with Gasteiger partial charge in [0.25, 0.3) is 0 Å². The Bertz CT molecular complexity index is 1600. The molecule has 0 aliphatic carbocycles. The molecule has 1 N–H and O–H groups in total. The lowest BCUT2D eigenvalue weighted by Gasteiger charge is -2.12. The van der Waals surface area contributed by atoms with Crippen molar-refractivity contribution in [2.24, 2.45) is 5.10 Å². The van der Waals surface area contributed by atoms with Gasteiger partial charge in [0, 0.05) is 34.0 Å². The van der Waals surface area contributed by atoms with E-state index in [4.69, 9.17) is 20.8 Å². The van der Waals surface area contributed by atoms with Gasteiger partial charge in [-0.25, -0.2) is 4.79 Å². The van der Waals surface area contributed by atoms with Crippen LogP contribution in [-0.4, -0.2) is 12.3 Å². The molecule has 0 amide bonds. The van der Waals surface area contributed by atoms with Gasteiger partial charge in [0.15, 0.2) is 0 Å². The first-order chi connectivity index (χ1) is 18.1. The van der Waals surface area contributed by atoms with Gasteiger partial charge in [-0.2, -0.15) is 5.10 Å². The molecule has 5 nitrogen and oxygen atoms in total. The summed E-state index contributed by atoms with van der Waals surface area (Å²) >= 11 is 5.98. The van der Waals surface area contributed by atoms with Crippen molar-refractivity contribution in [3.63, 3.8) is 0 Å². The van der Waals surface area contributed by atoms with E-state index in [9.17, 15) is 4.79 Å². The molecule has 6 heteroatoms. The van der Waals surface area contributed by atoms with Crippen molar-refractivity contribution in [3.8, 4) is 5.75 Å². The highest BCUT2D eigenvalue weighted by atomic mass is 35.5. The van der Waals surface area contributed by atoms with E-state index in [1.807, 2.05) is 91.9 Å². The number of hydrazone groups is 1. The van der Waals surface area contributed by atoms with Gasteiger partial charge in [-0.1, -0.05) is 72.3 Å². The third-order valence-corrected chi connectivity index (χ3v) is 6.38. The minimum atomic E-state index is -0.329.